The van der Waals surface area contributed by atoms with E-state index >= 15 is 0 Å². The van der Waals surface area contributed by atoms with E-state index in [1.54, 1.807) is 14.2 Å². The Morgan fingerprint density at radius 1 is 1.20 bits per heavy atom. The predicted octanol–water partition coefficient (Wildman–Crippen LogP) is 1.33. The van der Waals surface area contributed by atoms with Crippen LogP contribution >= 0.6 is 0 Å². The molecular weight excluding hydrogens is 318 g/mol. The van der Waals surface area contributed by atoms with Gasteiger partial charge in [-0.2, -0.15) is 0 Å². The summed E-state index contributed by atoms with van der Waals surface area (Å²) in [5.74, 6) is 2.18. The van der Waals surface area contributed by atoms with Crippen molar-refractivity contribution in [2.45, 2.75) is 13.0 Å². The van der Waals surface area contributed by atoms with Crippen LogP contribution in [0.1, 0.15) is 6.92 Å². The van der Waals surface area contributed by atoms with Gasteiger partial charge in [0.05, 0.1) is 20.8 Å². The number of hydrogen-bond donors (Lipinski definition) is 2. The molecule has 0 bridgehead atoms. The van der Waals surface area contributed by atoms with Crippen LogP contribution in [-0.4, -0.2) is 82.8 Å². The van der Waals surface area contributed by atoms with Crippen LogP contribution in [0.15, 0.2) is 23.2 Å². The molecule has 0 amide bonds. The third-order valence-corrected chi connectivity index (χ3v) is 4.43. The maximum atomic E-state index is 5.36. The molecule has 1 atom stereocenters. The molecule has 0 spiro atoms. The van der Waals surface area contributed by atoms with Crippen molar-refractivity contribution in [1.82, 2.24) is 15.1 Å². The van der Waals surface area contributed by atoms with Crippen molar-refractivity contribution in [3.05, 3.63) is 18.2 Å². The van der Waals surface area contributed by atoms with E-state index < -0.39 is 0 Å². The number of hydrogen-bond acceptors (Lipinski definition) is 5. The van der Waals surface area contributed by atoms with Crippen LogP contribution in [0, 0.1) is 0 Å². The number of guanidine groups is 1. The second-order valence-corrected chi connectivity index (χ2v) is 6.31. The Morgan fingerprint density at radius 3 is 2.64 bits per heavy atom. The molecule has 25 heavy (non-hydrogen) atoms. The summed E-state index contributed by atoms with van der Waals surface area (Å²) in [5, 5.41) is 6.64. The third kappa shape index (κ3) is 5.51. The largest absolute Gasteiger partial charge is 0.493 e. The molecule has 1 aliphatic heterocycles. The van der Waals surface area contributed by atoms with Gasteiger partial charge in [0.1, 0.15) is 0 Å². The highest BCUT2D eigenvalue weighted by molar-refractivity contribution is 5.93. The zero-order valence-electron chi connectivity index (χ0n) is 16.0. The SMILES string of the molecule is CCNC(=NCC1CN(C)CCN1C)Nc1ccc(OC)c(OC)c1. The fraction of sp³-hybridized carbons (Fsp3) is 0.611. The lowest BCUT2D eigenvalue weighted by molar-refractivity contribution is 0.119. The van der Waals surface area contributed by atoms with Gasteiger partial charge in [-0.1, -0.05) is 0 Å². The normalized spacial score (nSPS) is 19.6. The molecule has 7 nitrogen and oxygen atoms in total. The molecule has 0 saturated carbocycles. The van der Waals surface area contributed by atoms with Crippen LogP contribution in [0.4, 0.5) is 5.69 Å². The number of nitrogens with zero attached hydrogens (tertiary/aromatic N) is 3. The van der Waals surface area contributed by atoms with E-state index in [0.29, 0.717) is 17.5 Å². The Bertz CT molecular complexity index is 579. The van der Waals surface area contributed by atoms with Crippen LogP contribution in [0.3, 0.4) is 0 Å². The number of rotatable bonds is 6. The molecule has 2 N–H and O–H groups in total. The monoisotopic (exact) mass is 349 g/mol. The first-order chi connectivity index (χ1) is 12.1. The summed E-state index contributed by atoms with van der Waals surface area (Å²) in [5.41, 5.74) is 0.909. The first-order valence-electron chi connectivity index (χ1n) is 8.73. The minimum absolute atomic E-state index is 0.430. The molecule has 0 aromatic heterocycles. The highest BCUT2D eigenvalue weighted by Crippen LogP contribution is 2.29. The van der Waals surface area contributed by atoms with Crippen LogP contribution in [0.5, 0.6) is 11.5 Å². The quantitative estimate of drug-likeness (QED) is 0.597. The molecule has 1 heterocycles. The average Bonchev–Trinajstić information content (AvgIpc) is 2.62. The van der Waals surface area contributed by atoms with Crippen molar-refractivity contribution in [3.63, 3.8) is 0 Å². The smallest absolute Gasteiger partial charge is 0.195 e. The van der Waals surface area contributed by atoms with Crippen LogP contribution in [-0.2, 0) is 0 Å². The number of methoxy groups -OCH3 is 2. The minimum atomic E-state index is 0.430. The third-order valence-electron chi connectivity index (χ3n) is 4.43. The van der Waals surface area contributed by atoms with Crippen molar-refractivity contribution in [2.24, 2.45) is 4.99 Å². The maximum Gasteiger partial charge on any atom is 0.195 e. The number of ether oxygens (including phenoxy) is 2. The van der Waals surface area contributed by atoms with Gasteiger partial charge in [0, 0.05) is 44.0 Å². The molecule has 1 aromatic carbocycles. The van der Waals surface area contributed by atoms with E-state index in [4.69, 9.17) is 14.5 Å². The predicted molar refractivity (Wildman–Crippen MR) is 103 cm³/mol. The summed E-state index contributed by atoms with van der Waals surface area (Å²) >= 11 is 0. The Labute approximate surface area is 151 Å². The van der Waals surface area contributed by atoms with Gasteiger partial charge < -0.3 is 25.0 Å². The molecular formula is C18H31N5O2. The lowest BCUT2D eigenvalue weighted by Gasteiger charge is -2.36. The second kappa shape index (κ2) is 9.48. The van der Waals surface area contributed by atoms with Gasteiger partial charge in [-0.3, -0.25) is 9.89 Å². The van der Waals surface area contributed by atoms with E-state index in [1.807, 2.05) is 18.2 Å². The summed E-state index contributed by atoms with van der Waals surface area (Å²) < 4.78 is 10.6. The second-order valence-electron chi connectivity index (χ2n) is 6.31. The van der Waals surface area contributed by atoms with Crippen molar-refractivity contribution in [3.8, 4) is 11.5 Å². The van der Waals surface area contributed by atoms with E-state index in [2.05, 4.69) is 41.5 Å². The Kier molecular flexibility index (Phi) is 7.33. The molecule has 0 radical (unpaired) electrons. The lowest BCUT2D eigenvalue weighted by Crippen LogP contribution is -2.51. The Balaban J connectivity index is 2.06. The molecule has 2 rings (SSSR count). The summed E-state index contributed by atoms with van der Waals surface area (Å²) in [6.07, 6.45) is 0. The highest BCUT2D eigenvalue weighted by Gasteiger charge is 2.21. The lowest BCUT2D eigenvalue weighted by atomic mass is 10.2. The molecule has 1 unspecified atom stereocenters. The molecule has 7 heteroatoms. The number of piperazine rings is 1. The number of aliphatic imine (C=N–C) groups is 1. The van der Waals surface area contributed by atoms with Gasteiger partial charge in [0.2, 0.25) is 0 Å². The summed E-state index contributed by atoms with van der Waals surface area (Å²) in [4.78, 5) is 9.50. The zero-order valence-corrected chi connectivity index (χ0v) is 16.0. The maximum absolute atomic E-state index is 5.36. The van der Waals surface area contributed by atoms with Crippen LogP contribution < -0.4 is 20.1 Å². The summed E-state index contributed by atoms with van der Waals surface area (Å²) in [6.45, 7) is 6.85. The van der Waals surface area contributed by atoms with Crippen molar-refractivity contribution in [2.75, 3.05) is 66.4 Å². The molecule has 1 saturated heterocycles. The fourth-order valence-corrected chi connectivity index (χ4v) is 2.85. The van der Waals surface area contributed by atoms with Gasteiger partial charge in [-0.25, -0.2) is 0 Å². The highest BCUT2D eigenvalue weighted by atomic mass is 16.5. The topological polar surface area (TPSA) is 61.4 Å². The van der Waals surface area contributed by atoms with Crippen molar-refractivity contribution >= 4 is 11.6 Å². The van der Waals surface area contributed by atoms with Crippen molar-refractivity contribution < 1.29 is 9.47 Å². The fourth-order valence-electron chi connectivity index (χ4n) is 2.85. The molecule has 0 aliphatic carbocycles. The van der Waals surface area contributed by atoms with E-state index in [-0.39, 0.29) is 0 Å². The molecule has 1 fully saturated rings. The summed E-state index contributed by atoms with van der Waals surface area (Å²) in [7, 11) is 7.60. The zero-order chi connectivity index (χ0) is 18.2. The Hall–Kier alpha value is -1.99. The average molecular weight is 349 g/mol. The number of anilines is 1. The molecule has 1 aliphatic rings. The van der Waals surface area contributed by atoms with Crippen LogP contribution in [0.25, 0.3) is 0 Å². The van der Waals surface area contributed by atoms with E-state index in [9.17, 15) is 0 Å². The van der Waals surface area contributed by atoms with Crippen LogP contribution in [0.2, 0.25) is 0 Å². The van der Waals surface area contributed by atoms with E-state index in [0.717, 1.165) is 44.4 Å². The summed E-state index contributed by atoms with van der Waals surface area (Å²) in [6, 6.07) is 6.18. The van der Waals surface area contributed by atoms with Gasteiger partial charge >= 0.3 is 0 Å². The first-order valence-corrected chi connectivity index (χ1v) is 8.73. The van der Waals surface area contributed by atoms with Gasteiger partial charge in [0.15, 0.2) is 17.5 Å². The van der Waals surface area contributed by atoms with Gasteiger partial charge in [0.25, 0.3) is 0 Å². The minimum Gasteiger partial charge on any atom is -0.493 e. The number of nitrogens with one attached hydrogen (secondary N) is 2. The Morgan fingerprint density at radius 2 is 1.96 bits per heavy atom. The number of likely N-dealkylation sites (N-methyl/N-ethyl adjacent to an activating group) is 2. The molecule has 140 valence electrons. The number of benzene rings is 1. The first kappa shape index (κ1) is 19.3. The van der Waals surface area contributed by atoms with E-state index in [1.165, 1.54) is 0 Å². The van der Waals surface area contributed by atoms with Crippen molar-refractivity contribution in [1.29, 1.82) is 0 Å². The van der Waals surface area contributed by atoms with Gasteiger partial charge in [-0.05, 0) is 33.2 Å². The molecule has 1 aromatic rings. The standard InChI is InChI=1S/C18H31N5O2/c1-6-19-18(20-12-15-13-22(2)9-10-23(15)3)21-14-7-8-16(24-4)17(11-14)25-5/h7-8,11,15H,6,9-10,12-13H2,1-5H3,(H2,19,20,21). The van der Waals surface area contributed by atoms with Gasteiger partial charge in [-0.15, -0.1) is 0 Å².